The van der Waals surface area contributed by atoms with Gasteiger partial charge in [0.25, 0.3) is 0 Å². The Morgan fingerprint density at radius 3 is 3.06 bits per heavy atom. The minimum atomic E-state index is 0.588. The molecule has 0 radical (unpaired) electrons. The molecular weight excluding hydrogens is 198 g/mol. The molecule has 1 unspecified atom stereocenters. The van der Waals surface area contributed by atoms with Gasteiger partial charge < -0.3 is 5.32 Å². The van der Waals surface area contributed by atoms with Gasteiger partial charge in [-0.15, -0.1) is 0 Å². The van der Waals surface area contributed by atoms with E-state index in [0.29, 0.717) is 5.92 Å². The Labute approximate surface area is 98.2 Å². The van der Waals surface area contributed by atoms with Crippen molar-refractivity contribution in [1.82, 2.24) is 15.1 Å². The lowest BCUT2D eigenvalue weighted by molar-refractivity contribution is 0.336. The van der Waals surface area contributed by atoms with E-state index in [-0.39, 0.29) is 0 Å². The molecule has 1 atom stereocenters. The molecule has 1 saturated heterocycles. The Morgan fingerprint density at radius 1 is 1.56 bits per heavy atom. The third kappa shape index (κ3) is 3.08. The van der Waals surface area contributed by atoms with Crippen molar-refractivity contribution in [1.29, 1.82) is 0 Å². The maximum Gasteiger partial charge on any atom is 0.0524 e. The fraction of sp³-hybridized carbons (Fsp3) is 0.769. The summed E-state index contributed by atoms with van der Waals surface area (Å²) in [5.41, 5.74) is 1.35. The number of rotatable bonds is 4. The Kier molecular flexibility index (Phi) is 3.99. The number of nitrogens with zero attached hydrogens (tertiary/aromatic N) is 2. The van der Waals surface area contributed by atoms with Crippen LogP contribution in [0.4, 0.5) is 0 Å². The second-order valence-electron chi connectivity index (χ2n) is 5.19. The van der Waals surface area contributed by atoms with Crippen LogP contribution in [0.3, 0.4) is 0 Å². The van der Waals surface area contributed by atoms with E-state index in [1.807, 2.05) is 6.20 Å². The number of aryl methyl sites for hydroxylation is 1. The van der Waals surface area contributed by atoms with Gasteiger partial charge >= 0.3 is 0 Å². The fourth-order valence-electron chi connectivity index (χ4n) is 2.29. The molecule has 1 aromatic heterocycles. The average molecular weight is 221 g/mol. The van der Waals surface area contributed by atoms with Gasteiger partial charge in [-0.25, -0.2) is 0 Å². The maximum absolute atomic E-state index is 4.42. The summed E-state index contributed by atoms with van der Waals surface area (Å²) in [6.07, 6.45) is 8.17. The molecule has 1 aliphatic rings. The molecule has 0 amide bonds. The summed E-state index contributed by atoms with van der Waals surface area (Å²) in [5, 5.41) is 7.88. The van der Waals surface area contributed by atoms with Crippen LogP contribution in [0, 0.1) is 5.92 Å². The summed E-state index contributed by atoms with van der Waals surface area (Å²) in [6.45, 7) is 7.89. The molecule has 1 aliphatic heterocycles. The average Bonchev–Trinajstić information content (AvgIpc) is 2.76. The second-order valence-corrected chi connectivity index (χ2v) is 5.19. The Balaban J connectivity index is 1.79. The van der Waals surface area contributed by atoms with Crippen molar-refractivity contribution in [2.24, 2.45) is 5.92 Å². The quantitative estimate of drug-likeness (QED) is 0.846. The van der Waals surface area contributed by atoms with Gasteiger partial charge in [0.15, 0.2) is 0 Å². The van der Waals surface area contributed by atoms with Gasteiger partial charge in [-0.2, -0.15) is 5.10 Å². The van der Waals surface area contributed by atoms with Gasteiger partial charge in [0.05, 0.1) is 6.20 Å². The predicted molar refractivity (Wildman–Crippen MR) is 66.5 cm³/mol. The van der Waals surface area contributed by atoms with Crippen molar-refractivity contribution in [2.45, 2.75) is 45.6 Å². The van der Waals surface area contributed by atoms with E-state index in [0.717, 1.165) is 12.5 Å². The molecule has 3 nitrogen and oxygen atoms in total. The van der Waals surface area contributed by atoms with Crippen LogP contribution in [0.5, 0.6) is 0 Å². The van der Waals surface area contributed by atoms with Crippen molar-refractivity contribution >= 4 is 0 Å². The van der Waals surface area contributed by atoms with Crippen LogP contribution in [0.1, 0.15) is 44.6 Å². The Morgan fingerprint density at radius 2 is 2.44 bits per heavy atom. The van der Waals surface area contributed by atoms with Gasteiger partial charge in [0, 0.05) is 12.7 Å². The van der Waals surface area contributed by atoms with E-state index in [1.165, 1.54) is 37.9 Å². The Hall–Kier alpha value is -0.830. The van der Waals surface area contributed by atoms with Crippen LogP contribution in [0.25, 0.3) is 0 Å². The smallest absolute Gasteiger partial charge is 0.0524 e. The molecule has 0 aliphatic carbocycles. The Bertz CT molecular complexity index is 311. The monoisotopic (exact) mass is 221 g/mol. The predicted octanol–water partition coefficient (Wildman–Crippen LogP) is 2.40. The third-order valence-corrected chi connectivity index (χ3v) is 3.49. The van der Waals surface area contributed by atoms with E-state index in [4.69, 9.17) is 0 Å². The molecule has 2 rings (SSSR count). The molecule has 16 heavy (non-hydrogen) atoms. The fourth-order valence-corrected chi connectivity index (χ4v) is 2.29. The summed E-state index contributed by atoms with van der Waals surface area (Å²) < 4.78 is 2.10. The first-order valence-electron chi connectivity index (χ1n) is 6.49. The minimum Gasteiger partial charge on any atom is -0.316 e. The first-order chi connectivity index (χ1) is 7.75. The number of nitrogens with one attached hydrogen (secondary N) is 1. The lowest BCUT2D eigenvalue weighted by atomic mass is 9.96. The van der Waals surface area contributed by atoms with Crippen LogP contribution < -0.4 is 5.32 Å². The zero-order valence-corrected chi connectivity index (χ0v) is 10.4. The number of hydrogen-bond donors (Lipinski definition) is 1. The van der Waals surface area contributed by atoms with Crippen LogP contribution in [-0.2, 0) is 6.54 Å². The highest BCUT2D eigenvalue weighted by Gasteiger charge is 2.12. The normalized spacial score (nSPS) is 21.6. The molecule has 1 N–H and O–H groups in total. The standard InChI is InChI=1S/C13H23N3/c1-11(2)13-9-15-16(10-13)7-5-12-4-3-6-14-8-12/h9-12,14H,3-8H2,1-2H3. The first-order valence-corrected chi connectivity index (χ1v) is 6.49. The summed E-state index contributed by atoms with van der Waals surface area (Å²) in [7, 11) is 0. The van der Waals surface area contributed by atoms with E-state index >= 15 is 0 Å². The van der Waals surface area contributed by atoms with Gasteiger partial charge in [-0.3, -0.25) is 4.68 Å². The van der Waals surface area contributed by atoms with Crippen molar-refractivity contribution in [3.05, 3.63) is 18.0 Å². The molecular formula is C13H23N3. The SMILES string of the molecule is CC(C)c1cnn(CCC2CCCNC2)c1. The number of piperidine rings is 1. The summed E-state index contributed by atoms with van der Waals surface area (Å²) in [4.78, 5) is 0. The van der Waals surface area contributed by atoms with Crippen molar-refractivity contribution in [3.63, 3.8) is 0 Å². The molecule has 0 spiro atoms. The van der Waals surface area contributed by atoms with Crippen LogP contribution in [0.15, 0.2) is 12.4 Å². The van der Waals surface area contributed by atoms with Gasteiger partial charge in [0.1, 0.15) is 0 Å². The third-order valence-electron chi connectivity index (χ3n) is 3.49. The van der Waals surface area contributed by atoms with E-state index in [1.54, 1.807) is 0 Å². The van der Waals surface area contributed by atoms with Crippen LogP contribution in [0.2, 0.25) is 0 Å². The highest BCUT2D eigenvalue weighted by atomic mass is 15.3. The highest BCUT2D eigenvalue weighted by molar-refractivity contribution is 5.08. The van der Waals surface area contributed by atoms with Crippen LogP contribution >= 0.6 is 0 Å². The number of hydrogen-bond acceptors (Lipinski definition) is 2. The summed E-state index contributed by atoms with van der Waals surface area (Å²) in [6, 6.07) is 0. The van der Waals surface area contributed by atoms with Crippen molar-refractivity contribution in [3.8, 4) is 0 Å². The molecule has 0 saturated carbocycles. The zero-order chi connectivity index (χ0) is 11.4. The van der Waals surface area contributed by atoms with E-state index in [9.17, 15) is 0 Å². The van der Waals surface area contributed by atoms with Crippen molar-refractivity contribution in [2.75, 3.05) is 13.1 Å². The van der Waals surface area contributed by atoms with E-state index in [2.05, 4.69) is 35.1 Å². The van der Waals surface area contributed by atoms with Gasteiger partial charge in [0.2, 0.25) is 0 Å². The second kappa shape index (κ2) is 5.48. The minimum absolute atomic E-state index is 0.588. The molecule has 0 bridgehead atoms. The van der Waals surface area contributed by atoms with Gasteiger partial charge in [-0.1, -0.05) is 13.8 Å². The largest absolute Gasteiger partial charge is 0.316 e. The lowest BCUT2D eigenvalue weighted by Gasteiger charge is -2.22. The summed E-state index contributed by atoms with van der Waals surface area (Å²) >= 11 is 0. The summed E-state index contributed by atoms with van der Waals surface area (Å²) in [5.74, 6) is 1.44. The molecule has 1 fully saturated rings. The highest BCUT2D eigenvalue weighted by Crippen LogP contribution is 2.16. The zero-order valence-electron chi connectivity index (χ0n) is 10.4. The molecule has 90 valence electrons. The first kappa shape index (κ1) is 11.6. The molecule has 1 aromatic rings. The molecule has 0 aromatic carbocycles. The molecule has 2 heterocycles. The topological polar surface area (TPSA) is 29.9 Å². The number of aromatic nitrogens is 2. The van der Waals surface area contributed by atoms with E-state index < -0.39 is 0 Å². The lowest BCUT2D eigenvalue weighted by Crippen LogP contribution is -2.30. The maximum atomic E-state index is 4.42. The van der Waals surface area contributed by atoms with Gasteiger partial charge in [-0.05, 0) is 49.8 Å². The van der Waals surface area contributed by atoms with Crippen molar-refractivity contribution < 1.29 is 0 Å². The molecule has 3 heteroatoms. The van der Waals surface area contributed by atoms with Crippen LogP contribution in [-0.4, -0.2) is 22.9 Å².